The van der Waals surface area contributed by atoms with Crippen molar-refractivity contribution in [1.82, 2.24) is 19.5 Å². The molecule has 9 heteroatoms. The molecular formula is C10H12ClN5O3. The molecule has 4 N–H and O–H groups in total. The molecule has 0 bridgehead atoms. The third-order valence-electron chi connectivity index (χ3n) is 3.10. The lowest BCUT2D eigenvalue weighted by atomic mass is 10.2. The van der Waals surface area contributed by atoms with Gasteiger partial charge in [-0.1, -0.05) is 0 Å². The molecule has 102 valence electrons. The van der Waals surface area contributed by atoms with E-state index in [2.05, 4.69) is 15.0 Å². The van der Waals surface area contributed by atoms with E-state index in [1.807, 2.05) is 0 Å². The molecule has 19 heavy (non-hydrogen) atoms. The van der Waals surface area contributed by atoms with Crippen molar-refractivity contribution >= 4 is 28.7 Å². The summed E-state index contributed by atoms with van der Waals surface area (Å²) >= 11 is 6.04. The molecule has 0 radical (unpaired) electrons. The molecule has 1 aliphatic heterocycles. The van der Waals surface area contributed by atoms with Gasteiger partial charge >= 0.3 is 0 Å². The summed E-state index contributed by atoms with van der Waals surface area (Å²) in [4.78, 5) is 22.1. The summed E-state index contributed by atoms with van der Waals surface area (Å²) in [6, 6.07) is 0. The highest BCUT2D eigenvalue weighted by Gasteiger charge is 2.30. The first-order valence-corrected chi connectivity index (χ1v) is 6.17. The first-order valence-electron chi connectivity index (χ1n) is 5.79. The van der Waals surface area contributed by atoms with Gasteiger partial charge in [0.2, 0.25) is 11.2 Å². The number of fused-ring (bicyclic) bond motifs is 1. The third-order valence-corrected chi connectivity index (χ3v) is 3.37. The maximum absolute atomic E-state index is 11.7. The molecule has 1 aliphatic rings. The van der Waals surface area contributed by atoms with E-state index < -0.39 is 11.8 Å². The molecule has 2 atom stereocenters. The van der Waals surface area contributed by atoms with Gasteiger partial charge in [0.1, 0.15) is 6.23 Å². The van der Waals surface area contributed by atoms with Crippen LogP contribution in [-0.4, -0.2) is 37.3 Å². The van der Waals surface area contributed by atoms with Crippen molar-refractivity contribution in [2.45, 2.75) is 25.2 Å². The van der Waals surface area contributed by atoms with Crippen LogP contribution < -0.4 is 11.3 Å². The number of aromatic nitrogens is 4. The molecule has 1 fully saturated rings. The second-order valence-electron chi connectivity index (χ2n) is 4.35. The number of imidazole rings is 1. The maximum atomic E-state index is 11.7. The summed E-state index contributed by atoms with van der Waals surface area (Å²) in [5, 5.41) is 9.19. The number of aromatic amines is 1. The zero-order chi connectivity index (χ0) is 13.6. The van der Waals surface area contributed by atoms with Crippen LogP contribution in [0, 0.1) is 0 Å². The van der Waals surface area contributed by atoms with Crippen LogP contribution in [0.2, 0.25) is 5.28 Å². The highest BCUT2D eigenvalue weighted by atomic mass is 35.5. The normalized spacial score (nSPS) is 23.3. The zero-order valence-corrected chi connectivity index (χ0v) is 10.6. The van der Waals surface area contributed by atoms with Crippen molar-refractivity contribution in [3.8, 4) is 0 Å². The van der Waals surface area contributed by atoms with Gasteiger partial charge < -0.3 is 15.6 Å². The first kappa shape index (κ1) is 12.4. The number of hydrogen-bond acceptors (Lipinski definition) is 6. The Labute approximate surface area is 112 Å². The van der Waals surface area contributed by atoms with E-state index >= 15 is 0 Å². The van der Waals surface area contributed by atoms with Gasteiger partial charge in [0, 0.05) is 0 Å². The lowest BCUT2D eigenvalue weighted by molar-refractivity contribution is -0.0205. The lowest BCUT2D eigenvalue weighted by Crippen LogP contribution is -2.16. The van der Waals surface area contributed by atoms with Crippen LogP contribution in [0.5, 0.6) is 0 Å². The smallest absolute Gasteiger partial charge is 0.280 e. The average Bonchev–Trinajstić information content (AvgIpc) is 2.93. The minimum absolute atomic E-state index is 0.00739. The van der Waals surface area contributed by atoms with Gasteiger partial charge in [0.05, 0.1) is 12.7 Å². The molecule has 3 rings (SSSR count). The number of aliphatic hydroxyl groups is 1. The minimum Gasteiger partial charge on any atom is -0.394 e. The molecule has 8 nitrogen and oxygen atoms in total. The van der Waals surface area contributed by atoms with Crippen molar-refractivity contribution in [2.75, 3.05) is 12.3 Å². The fourth-order valence-electron chi connectivity index (χ4n) is 2.24. The largest absolute Gasteiger partial charge is 0.394 e. The number of ether oxygens (including phenoxy) is 1. The second kappa shape index (κ2) is 4.48. The Morgan fingerprint density at radius 2 is 2.32 bits per heavy atom. The Morgan fingerprint density at radius 3 is 3.00 bits per heavy atom. The highest BCUT2D eigenvalue weighted by Crippen LogP contribution is 2.32. The Kier molecular flexibility index (Phi) is 2.92. The number of halogens is 1. The Hall–Kier alpha value is -1.64. The van der Waals surface area contributed by atoms with Crippen LogP contribution in [0.25, 0.3) is 11.2 Å². The monoisotopic (exact) mass is 285 g/mol. The van der Waals surface area contributed by atoms with E-state index in [-0.39, 0.29) is 35.1 Å². The summed E-state index contributed by atoms with van der Waals surface area (Å²) in [5.41, 5.74) is 5.49. The number of H-pyrrole nitrogens is 1. The Bertz CT molecular complexity index is 682. The average molecular weight is 286 g/mol. The molecular weight excluding hydrogens is 274 g/mol. The van der Waals surface area contributed by atoms with E-state index in [9.17, 15) is 4.79 Å². The predicted octanol–water partition coefficient (Wildman–Crippen LogP) is 0.0251. The fourth-order valence-corrected chi connectivity index (χ4v) is 2.51. The van der Waals surface area contributed by atoms with E-state index in [1.54, 1.807) is 0 Å². The molecule has 0 unspecified atom stereocenters. The molecule has 0 aliphatic carbocycles. The molecule has 3 heterocycles. The van der Waals surface area contributed by atoms with Crippen LogP contribution in [-0.2, 0) is 4.74 Å². The Balaban J connectivity index is 2.13. The number of nitrogen functional groups attached to an aromatic ring is 1. The van der Waals surface area contributed by atoms with E-state index in [0.29, 0.717) is 12.8 Å². The summed E-state index contributed by atoms with van der Waals surface area (Å²) in [6.45, 7) is -0.0586. The first-order chi connectivity index (χ1) is 9.10. The van der Waals surface area contributed by atoms with Gasteiger partial charge in [0.25, 0.3) is 5.56 Å². The summed E-state index contributed by atoms with van der Waals surface area (Å²) < 4.78 is 7.15. The van der Waals surface area contributed by atoms with Crippen LogP contribution in [0.15, 0.2) is 4.79 Å². The number of nitrogens with zero attached hydrogens (tertiary/aromatic N) is 3. The summed E-state index contributed by atoms with van der Waals surface area (Å²) in [5.74, 6) is -0.00739. The van der Waals surface area contributed by atoms with Crippen LogP contribution >= 0.6 is 11.6 Å². The molecule has 0 amide bonds. The topological polar surface area (TPSA) is 119 Å². The van der Waals surface area contributed by atoms with Crippen molar-refractivity contribution in [3.63, 3.8) is 0 Å². The van der Waals surface area contributed by atoms with Crippen molar-refractivity contribution < 1.29 is 9.84 Å². The standard InChI is InChI=1S/C10H12ClN5O3/c11-9-13-6-7(14-10(12)15-8(6)18)16(9)5-2-1-4(3-17)19-5/h4-5,17H,1-3H2,(H3,12,14,15,18)/t4-,5+/m0/s1. The summed E-state index contributed by atoms with van der Waals surface area (Å²) in [6.07, 6.45) is 0.724. The van der Waals surface area contributed by atoms with Crippen molar-refractivity contribution in [3.05, 3.63) is 15.6 Å². The van der Waals surface area contributed by atoms with Gasteiger partial charge in [-0.25, -0.2) is 4.98 Å². The maximum Gasteiger partial charge on any atom is 0.280 e. The van der Waals surface area contributed by atoms with E-state index in [1.165, 1.54) is 4.57 Å². The van der Waals surface area contributed by atoms with Gasteiger partial charge in [-0.05, 0) is 24.4 Å². The van der Waals surface area contributed by atoms with E-state index in [0.717, 1.165) is 0 Å². The molecule has 2 aromatic heterocycles. The third kappa shape index (κ3) is 1.97. The number of rotatable bonds is 2. The predicted molar refractivity (Wildman–Crippen MR) is 67.8 cm³/mol. The van der Waals surface area contributed by atoms with Gasteiger partial charge in [-0.3, -0.25) is 14.3 Å². The van der Waals surface area contributed by atoms with Crippen LogP contribution in [0.3, 0.4) is 0 Å². The number of anilines is 1. The van der Waals surface area contributed by atoms with Crippen molar-refractivity contribution in [1.29, 1.82) is 0 Å². The molecule has 0 spiro atoms. The lowest BCUT2D eigenvalue weighted by Gasteiger charge is -2.14. The van der Waals surface area contributed by atoms with Gasteiger partial charge in [0.15, 0.2) is 11.2 Å². The van der Waals surface area contributed by atoms with Gasteiger partial charge in [-0.15, -0.1) is 0 Å². The zero-order valence-electron chi connectivity index (χ0n) is 9.84. The molecule has 0 aromatic carbocycles. The number of hydrogen-bond donors (Lipinski definition) is 3. The number of aliphatic hydroxyl groups excluding tert-OH is 1. The van der Waals surface area contributed by atoms with Crippen LogP contribution in [0.1, 0.15) is 19.1 Å². The fraction of sp³-hybridized carbons (Fsp3) is 0.500. The summed E-state index contributed by atoms with van der Waals surface area (Å²) in [7, 11) is 0. The highest BCUT2D eigenvalue weighted by molar-refractivity contribution is 6.29. The number of nitrogens with one attached hydrogen (secondary N) is 1. The molecule has 0 saturated carbocycles. The molecule has 1 saturated heterocycles. The minimum atomic E-state index is -0.445. The molecule has 2 aromatic rings. The van der Waals surface area contributed by atoms with Gasteiger partial charge in [-0.2, -0.15) is 4.98 Å². The second-order valence-corrected chi connectivity index (χ2v) is 4.68. The quantitative estimate of drug-likeness (QED) is 0.670. The SMILES string of the molecule is Nc1nc2c(nc(Cl)n2[C@H]2CC[C@@H](CO)O2)c(=O)[nH]1. The van der Waals surface area contributed by atoms with Crippen LogP contribution in [0.4, 0.5) is 5.95 Å². The van der Waals surface area contributed by atoms with E-state index in [4.69, 9.17) is 27.2 Å². The number of nitrogens with two attached hydrogens (primary N) is 1. The Morgan fingerprint density at radius 1 is 1.53 bits per heavy atom. The van der Waals surface area contributed by atoms with Crippen molar-refractivity contribution in [2.24, 2.45) is 0 Å².